The van der Waals surface area contributed by atoms with Gasteiger partial charge in [-0.1, -0.05) is 0 Å². The minimum absolute atomic E-state index is 0.232. The molecule has 1 rings (SSSR count). The standard InChI is InChI=1S/C10H16N2O3S2/c1-16-7-3-2-5-12-17(14,15)10-8-11-6-4-9(10)13/h4,6,8,12H,2-3,5,7H2,1H3,(H,11,13). The van der Waals surface area contributed by atoms with Crippen molar-refractivity contribution in [2.75, 3.05) is 18.6 Å². The summed E-state index contributed by atoms with van der Waals surface area (Å²) in [6, 6.07) is 1.20. The summed E-state index contributed by atoms with van der Waals surface area (Å²) in [4.78, 5) is 13.7. The molecular weight excluding hydrogens is 260 g/mol. The monoisotopic (exact) mass is 276 g/mol. The molecule has 5 nitrogen and oxygen atoms in total. The van der Waals surface area contributed by atoms with E-state index >= 15 is 0 Å². The minimum Gasteiger partial charge on any atom is -0.366 e. The number of rotatable bonds is 7. The Labute approximate surface area is 105 Å². The highest BCUT2D eigenvalue weighted by atomic mass is 32.2. The molecule has 0 bridgehead atoms. The lowest BCUT2D eigenvalue weighted by Gasteiger charge is -2.05. The number of H-pyrrole nitrogens is 1. The molecule has 0 spiro atoms. The van der Waals surface area contributed by atoms with E-state index in [1.165, 1.54) is 18.5 Å². The summed E-state index contributed by atoms with van der Waals surface area (Å²) in [5, 5.41) is 0. The Hall–Kier alpha value is -0.790. The zero-order valence-corrected chi connectivity index (χ0v) is 11.2. The molecule has 0 unspecified atom stereocenters. The van der Waals surface area contributed by atoms with Crippen molar-refractivity contribution in [1.29, 1.82) is 0 Å². The Balaban J connectivity index is 2.58. The van der Waals surface area contributed by atoms with Gasteiger partial charge in [-0.25, -0.2) is 13.1 Å². The van der Waals surface area contributed by atoms with E-state index in [0.29, 0.717) is 6.54 Å². The number of nitrogens with one attached hydrogen (secondary N) is 2. The predicted molar refractivity (Wildman–Crippen MR) is 69.9 cm³/mol. The second kappa shape index (κ2) is 6.83. The highest BCUT2D eigenvalue weighted by Crippen LogP contribution is 2.02. The third-order valence-electron chi connectivity index (χ3n) is 2.15. The molecule has 0 saturated carbocycles. The van der Waals surface area contributed by atoms with Gasteiger partial charge in [0.1, 0.15) is 4.90 Å². The molecule has 0 radical (unpaired) electrons. The van der Waals surface area contributed by atoms with E-state index in [0.717, 1.165) is 18.6 Å². The van der Waals surface area contributed by atoms with E-state index in [9.17, 15) is 13.2 Å². The maximum absolute atomic E-state index is 11.7. The van der Waals surface area contributed by atoms with Crippen molar-refractivity contribution in [3.05, 3.63) is 28.7 Å². The summed E-state index contributed by atoms with van der Waals surface area (Å²) in [7, 11) is -3.68. The van der Waals surface area contributed by atoms with Crippen LogP contribution in [0, 0.1) is 0 Å². The first-order chi connectivity index (χ1) is 8.08. The third-order valence-corrected chi connectivity index (χ3v) is 4.32. The molecule has 0 amide bonds. The molecule has 0 aliphatic carbocycles. The number of unbranched alkanes of at least 4 members (excludes halogenated alkanes) is 1. The maximum atomic E-state index is 11.7. The third kappa shape index (κ3) is 4.53. The van der Waals surface area contributed by atoms with Crippen molar-refractivity contribution in [2.24, 2.45) is 0 Å². The predicted octanol–water partition coefficient (Wildman–Crippen LogP) is 0.796. The lowest BCUT2D eigenvalue weighted by atomic mass is 10.3. The zero-order valence-electron chi connectivity index (χ0n) is 9.60. The van der Waals surface area contributed by atoms with Crippen LogP contribution in [0.15, 0.2) is 28.2 Å². The lowest BCUT2D eigenvalue weighted by Crippen LogP contribution is -2.29. The summed E-state index contributed by atoms with van der Waals surface area (Å²) < 4.78 is 25.9. The average molecular weight is 276 g/mol. The van der Waals surface area contributed by atoms with Crippen LogP contribution in [-0.4, -0.2) is 32.0 Å². The average Bonchev–Trinajstić information content (AvgIpc) is 2.29. The van der Waals surface area contributed by atoms with Crippen LogP contribution < -0.4 is 10.2 Å². The molecule has 0 saturated heterocycles. The van der Waals surface area contributed by atoms with Crippen molar-refractivity contribution in [2.45, 2.75) is 17.7 Å². The van der Waals surface area contributed by atoms with E-state index in [4.69, 9.17) is 0 Å². The molecule has 1 heterocycles. The van der Waals surface area contributed by atoms with Gasteiger partial charge in [-0.05, 0) is 24.9 Å². The van der Waals surface area contributed by atoms with Crippen molar-refractivity contribution < 1.29 is 8.42 Å². The van der Waals surface area contributed by atoms with Crippen LogP contribution in [0.4, 0.5) is 0 Å². The van der Waals surface area contributed by atoms with Crippen molar-refractivity contribution in [3.8, 4) is 0 Å². The molecule has 0 aliphatic heterocycles. The second-order valence-corrected chi connectivity index (χ2v) is 6.19. The summed E-state index contributed by atoms with van der Waals surface area (Å²) in [6.45, 7) is 0.358. The maximum Gasteiger partial charge on any atom is 0.245 e. The molecule has 96 valence electrons. The van der Waals surface area contributed by atoms with Gasteiger partial charge >= 0.3 is 0 Å². The Bertz CT molecular complexity index is 496. The van der Waals surface area contributed by atoms with E-state index in [1.807, 2.05) is 6.26 Å². The normalized spacial score (nSPS) is 11.6. The van der Waals surface area contributed by atoms with E-state index in [-0.39, 0.29) is 4.90 Å². The molecule has 1 aromatic heterocycles. The number of sulfonamides is 1. The Morgan fingerprint density at radius 3 is 2.82 bits per heavy atom. The molecule has 0 fully saturated rings. The highest BCUT2D eigenvalue weighted by molar-refractivity contribution is 7.98. The largest absolute Gasteiger partial charge is 0.366 e. The lowest BCUT2D eigenvalue weighted by molar-refractivity contribution is 0.577. The summed E-state index contributed by atoms with van der Waals surface area (Å²) >= 11 is 1.73. The Morgan fingerprint density at radius 1 is 1.41 bits per heavy atom. The van der Waals surface area contributed by atoms with Crippen molar-refractivity contribution >= 4 is 21.8 Å². The molecule has 17 heavy (non-hydrogen) atoms. The number of hydrogen-bond donors (Lipinski definition) is 2. The Kier molecular flexibility index (Phi) is 5.73. The van der Waals surface area contributed by atoms with E-state index < -0.39 is 15.5 Å². The quantitative estimate of drug-likeness (QED) is 0.722. The van der Waals surface area contributed by atoms with Gasteiger partial charge in [0.15, 0.2) is 0 Å². The summed E-state index contributed by atoms with van der Waals surface area (Å²) in [6.07, 6.45) is 6.33. The molecule has 0 aromatic carbocycles. The van der Waals surface area contributed by atoms with E-state index in [2.05, 4.69) is 9.71 Å². The number of aromatic amines is 1. The minimum atomic E-state index is -3.68. The second-order valence-electron chi connectivity index (χ2n) is 3.47. The van der Waals surface area contributed by atoms with Gasteiger partial charge in [-0.15, -0.1) is 0 Å². The fraction of sp³-hybridized carbons (Fsp3) is 0.500. The number of hydrogen-bond acceptors (Lipinski definition) is 4. The molecule has 0 aliphatic rings. The molecule has 0 atom stereocenters. The first-order valence-electron chi connectivity index (χ1n) is 5.23. The zero-order chi connectivity index (χ0) is 12.7. The van der Waals surface area contributed by atoms with Gasteiger partial charge in [0, 0.05) is 25.0 Å². The van der Waals surface area contributed by atoms with Crippen LogP contribution in [0.3, 0.4) is 0 Å². The van der Waals surface area contributed by atoms with Gasteiger partial charge in [-0.3, -0.25) is 4.79 Å². The number of pyridine rings is 1. The first kappa shape index (κ1) is 14.3. The van der Waals surface area contributed by atoms with Crippen LogP contribution in [0.25, 0.3) is 0 Å². The smallest absolute Gasteiger partial charge is 0.245 e. The van der Waals surface area contributed by atoms with Crippen LogP contribution in [-0.2, 0) is 10.0 Å². The SMILES string of the molecule is CSCCCCNS(=O)(=O)c1c[nH]ccc1=O. The first-order valence-corrected chi connectivity index (χ1v) is 8.11. The van der Waals surface area contributed by atoms with Crippen LogP contribution in [0.2, 0.25) is 0 Å². The fourth-order valence-electron chi connectivity index (χ4n) is 1.27. The molecule has 1 aromatic rings. The molecular formula is C10H16N2O3S2. The van der Waals surface area contributed by atoms with Gasteiger partial charge in [-0.2, -0.15) is 11.8 Å². The molecule has 7 heteroatoms. The van der Waals surface area contributed by atoms with Crippen molar-refractivity contribution in [3.63, 3.8) is 0 Å². The Morgan fingerprint density at radius 2 is 2.18 bits per heavy atom. The number of thioether (sulfide) groups is 1. The molecule has 2 N–H and O–H groups in total. The number of aromatic nitrogens is 1. The van der Waals surface area contributed by atoms with Crippen LogP contribution in [0.1, 0.15) is 12.8 Å². The van der Waals surface area contributed by atoms with Gasteiger partial charge in [0.25, 0.3) is 0 Å². The topological polar surface area (TPSA) is 79.0 Å². The van der Waals surface area contributed by atoms with Gasteiger partial charge in [0.2, 0.25) is 15.5 Å². The van der Waals surface area contributed by atoms with E-state index in [1.54, 1.807) is 11.8 Å². The summed E-state index contributed by atoms with van der Waals surface area (Å²) in [5.74, 6) is 1.01. The fourth-order valence-corrected chi connectivity index (χ4v) is 2.88. The highest BCUT2D eigenvalue weighted by Gasteiger charge is 2.16. The van der Waals surface area contributed by atoms with Gasteiger partial charge < -0.3 is 4.98 Å². The van der Waals surface area contributed by atoms with Crippen LogP contribution >= 0.6 is 11.8 Å². The van der Waals surface area contributed by atoms with Gasteiger partial charge in [0.05, 0.1) is 0 Å². The summed E-state index contributed by atoms with van der Waals surface area (Å²) in [5.41, 5.74) is -0.500. The van der Waals surface area contributed by atoms with Crippen LogP contribution in [0.5, 0.6) is 0 Å². The van der Waals surface area contributed by atoms with Crippen molar-refractivity contribution in [1.82, 2.24) is 9.71 Å².